The average Bonchev–Trinajstić information content (AvgIpc) is 4.10. The van der Waals surface area contributed by atoms with Gasteiger partial charge in [0.15, 0.2) is 0 Å². The number of amides is 4. The van der Waals surface area contributed by atoms with Crippen molar-refractivity contribution < 1.29 is 51.0 Å². The summed E-state index contributed by atoms with van der Waals surface area (Å²) in [6.45, 7) is 13.6. The number of alkyl halides is 4. The van der Waals surface area contributed by atoms with Gasteiger partial charge in [0.1, 0.15) is 29.7 Å². The fraction of sp³-hybridized carbons (Fsp3) is 0.566. The van der Waals surface area contributed by atoms with Gasteiger partial charge in [-0.15, -0.1) is 11.3 Å². The van der Waals surface area contributed by atoms with Crippen molar-refractivity contribution in [3.8, 4) is 21.8 Å². The fourth-order valence-corrected chi connectivity index (χ4v) is 11.6. The Kier molecular flexibility index (Phi) is 16.2. The van der Waals surface area contributed by atoms with Gasteiger partial charge in [-0.25, -0.2) is 14.8 Å². The van der Waals surface area contributed by atoms with Crippen LogP contribution in [-0.2, 0) is 52.8 Å². The number of hydrogen-bond donors (Lipinski definition) is 2. The number of likely N-dealkylation sites (tertiary alicyclic amines) is 1. The minimum atomic E-state index is -4.64. The normalized spacial score (nSPS) is 22.7. The lowest BCUT2D eigenvalue weighted by atomic mass is 9.84. The fourth-order valence-electron chi connectivity index (χ4n) is 10.7. The topological polar surface area (TPSA) is 175 Å². The Labute approximate surface area is 438 Å². The van der Waals surface area contributed by atoms with Crippen molar-refractivity contribution in [2.75, 3.05) is 78.5 Å². The van der Waals surface area contributed by atoms with Gasteiger partial charge in [-0.1, -0.05) is 34.3 Å². The summed E-state index contributed by atoms with van der Waals surface area (Å²) in [4.78, 5) is 85.9. The van der Waals surface area contributed by atoms with Gasteiger partial charge >= 0.3 is 12.1 Å². The highest BCUT2D eigenvalue weighted by atomic mass is 32.1. The number of halogens is 4. The number of hydrogen-bond acceptors (Lipinski definition) is 13. The van der Waals surface area contributed by atoms with Crippen LogP contribution in [-0.4, -0.2) is 167 Å². The first kappa shape index (κ1) is 55.3. The summed E-state index contributed by atoms with van der Waals surface area (Å²) in [7, 11) is 4.89. The molecule has 0 unspecified atom stereocenters. The molecule has 3 aromatic heterocycles. The van der Waals surface area contributed by atoms with Crippen molar-refractivity contribution in [1.29, 1.82) is 0 Å². The number of carbonyl (C=O) groups excluding carboxylic acids is 5. The third-order valence-corrected chi connectivity index (χ3v) is 15.8. The van der Waals surface area contributed by atoms with E-state index in [1.807, 2.05) is 33.0 Å². The van der Waals surface area contributed by atoms with Gasteiger partial charge in [-0.05, 0) is 75.1 Å². The third kappa shape index (κ3) is 11.9. The standard InChI is InChI=1S/C53H68F4N10O7S/c1-10-42(68)65-17-15-52(54,28-65)50(72)63(8)44(31(2)3)46(69)60-40-23-34-27-75-47(59-34)33-13-14-41-36(22-33)38(25-51(5,6)30-74-49(71)39-12-11-16-67(61-39)48(40)70)45(66(41)29-53(55,56)57)37-24-35(26-58-43(37)32(4)73-9)64-20-18-62(7)19-21-64/h10,13-14,22,24,26-27,31-32,39-40,44,61H,1,11-12,15-21,23,25,28-30H2,2-9H3,(H,60,69)/t32-,39-,40-,44-,52+/m0/s1. The molecule has 4 amide bonds. The highest BCUT2D eigenvalue weighted by Crippen LogP contribution is 2.44. The zero-order chi connectivity index (χ0) is 54.3. The van der Waals surface area contributed by atoms with Crippen molar-refractivity contribution in [2.45, 2.75) is 109 Å². The molecule has 7 heterocycles. The van der Waals surface area contributed by atoms with E-state index in [4.69, 9.17) is 19.4 Å². The monoisotopic (exact) mass is 1060 g/mol. The van der Waals surface area contributed by atoms with Crippen LogP contribution in [0.1, 0.15) is 76.9 Å². The number of likely N-dealkylation sites (N-methyl/N-ethyl adjacent to an activating group) is 2. The highest BCUT2D eigenvalue weighted by molar-refractivity contribution is 7.13. The molecule has 8 rings (SSSR count). The van der Waals surface area contributed by atoms with E-state index in [9.17, 15) is 24.0 Å². The summed E-state index contributed by atoms with van der Waals surface area (Å²) in [5.74, 6) is -4.05. The lowest BCUT2D eigenvalue weighted by Crippen LogP contribution is -2.62. The molecule has 4 aliphatic heterocycles. The number of pyridine rings is 1. The number of rotatable bonds is 11. The Morgan fingerprint density at radius 1 is 1.09 bits per heavy atom. The van der Waals surface area contributed by atoms with Crippen LogP contribution >= 0.6 is 11.3 Å². The molecule has 22 heteroatoms. The first-order valence-electron chi connectivity index (χ1n) is 25.5. The Hall–Kier alpha value is -5.97. The molecule has 3 fully saturated rings. The smallest absolute Gasteiger partial charge is 0.406 e. The number of fused-ring (bicyclic) bond motifs is 6. The first-order chi connectivity index (χ1) is 35.4. The molecule has 17 nitrogen and oxygen atoms in total. The number of aromatic nitrogens is 3. The van der Waals surface area contributed by atoms with E-state index in [1.54, 1.807) is 44.5 Å². The zero-order valence-corrected chi connectivity index (χ0v) is 44.7. The predicted octanol–water partition coefficient (Wildman–Crippen LogP) is 6.11. The van der Waals surface area contributed by atoms with Crippen LogP contribution in [0.5, 0.6) is 0 Å². The third-order valence-electron chi connectivity index (χ3n) is 14.8. The first-order valence-corrected chi connectivity index (χ1v) is 26.3. The van der Waals surface area contributed by atoms with Crippen LogP contribution in [0.25, 0.3) is 32.7 Å². The van der Waals surface area contributed by atoms with Gasteiger partial charge in [0.2, 0.25) is 17.5 Å². The number of nitrogens with zero attached hydrogens (tertiary/aromatic N) is 8. The molecular weight excluding hydrogens is 997 g/mol. The number of cyclic esters (lactones) is 1. The van der Waals surface area contributed by atoms with Gasteiger partial charge in [0.25, 0.3) is 11.8 Å². The van der Waals surface area contributed by atoms with E-state index < -0.39 is 90.1 Å². The van der Waals surface area contributed by atoms with E-state index in [-0.39, 0.29) is 39.0 Å². The number of hydrazine groups is 1. The van der Waals surface area contributed by atoms with Crippen molar-refractivity contribution in [3.63, 3.8) is 0 Å². The highest BCUT2D eigenvalue weighted by Gasteiger charge is 2.50. The Bertz CT molecular complexity index is 2830. The van der Waals surface area contributed by atoms with Crippen LogP contribution in [0.4, 0.5) is 23.2 Å². The van der Waals surface area contributed by atoms with E-state index in [0.29, 0.717) is 75.6 Å². The molecule has 0 radical (unpaired) electrons. The molecule has 0 spiro atoms. The van der Waals surface area contributed by atoms with Crippen molar-refractivity contribution >= 4 is 57.5 Å². The van der Waals surface area contributed by atoms with Gasteiger partial charge in [-0.2, -0.15) is 13.2 Å². The summed E-state index contributed by atoms with van der Waals surface area (Å²) < 4.78 is 74.6. The number of benzene rings is 1. The minimum Gasteiger partial charge on any atom is -0.464 e. The summed E-state index contributed by atoms with van der Waals surface area (Å²) in [6, 6.07) is 3.57. The summed E-state index contributed by atoms with van der Waals surface area (Å²) in [5, 5.41) is 6.89. The predicted molar refractivity (Wildman–Crippen MR) is 276 cm³/mol. The van der Waals surface area contributed by atoms with Crippen molar-refractivity contribution in [1.82, 2.24) is 45.0 Å². The van der Waals surface area contributed by atoms with E-state index >= 15 is 17.6 Å². The second-order valence-corrected chi connectivity index (χ2v) is 22.4. The molecule has 4 aromatic rings. The maximum Gasteiger partial charge on any atom is 0.406 e. The van der Waals surface area contributed by atoms with Crippen LogP contribution in [0.3, 0.4) is 0 Å². The van der Waals surface area contributed by atoms with Crippen LogP contribution in [0.15, 0.2) is 48.5 Å². The quantitative estimate of drug-likeness (QED) is 0.101. The van der Waals surface area contributed by atoms with Gasteiger partial charge in [-0.3, -0.25) is 34.0 Å². The molecule has 1 aromatic carbocycles. The van der Waals surface area contributed by atoms with E-state index in [2.05, 4.69) is 27.1 Å². The minimum absolute atomic E-state index is 0.0136. The van der Waals surface area contributed by atoms with Crippen molar-refractivity contribution in [2.24, 2.45) is 11.3 Å². The van der Waals surface area contributed by atoms with Crippen molar-refractivity contribution in [3.05, 3.63) is 65.4 Å². The van der Waals surface area contributed by atoms with E-state index in [1.165, 1.54) is 40.0 Å². The zero-order valence-electron chi connectivity index (χ0n) is 43.9. The summed E-state index contributed by atoms with van der Waals surface area (Å²) >= 11 is 1.26. The van der Waals surface area contributed by atoms with Crippen LogP contribution in [0.2, 0.25) is 0 Å². The number of anilines is 1. The number of nitrogens with one attached hydrogen (secondary N) is 2. The lowest BCUT2D eigenvalue weighted by molar-refractivity contribution is -0.155. The second-order valence-electron chi connectivity index (χ2n) is 21.5. The van der Waals surface area contributed by atoms with Gasteiger partial charge in [0, 0.05) is 99.1 Å². The molecule has 406 valence electrons. The number of carbonyl (C=O) groups is 5. The molecule has 6 bridgehead atoms. The molecule has 4 aliphatic rings. The molecule has 3 saturated heterocycles. The summed E-state index contributed by atoms with van der Waals surface area (Å²) in [5.41, 5.74) is 3.62. The SMILES string of the molecule is C=CC(=O)N1CC[C@](F)(C(=O)N(C)[C@H](C(=O)N[C@H]2Cc3csc(n3)-c3ccc4c(c3)c(c(-c3cc(N5CCN(C)CC5)cnc3[C@H](C)OC)n4CC(F)(F)F)CC(C)(C)COC(=O)[C@@H]3CCCN(N3)C2=O)C(C)C)C1. The Balaban J connectivity index is 1.22. The number of thiazole rings is 1. The van der Waals surface area contributed by atoms with E-state index in [0.717, 1.165) is 29.8 Å². The van der Waals surface area contributed by atoms with Crippen LogP contribution in [0, 0.1) is 11.3 Å². The molecule has 0 saturated carbocycles. The maximum atomic E-state index is 16.4. The second kappa shape index (κ2) is 21.9. The molecule has 75 heavy (non-hydrogen) atoms. The molecule has 5 atom stereocenters. The molecule has 2 N–H and O–H groups in total. The number of ether oxygens (including phenoxy) is 2. The number of methoxy groups -OCH3 is 1. The lowest BCUT2D eigenvalue weighted by Gasteiger charge is -2.37. The van der Waals surface area contributed by atoms with Gasteiger partial charge < -0.3 is 39.0 Å². The molecular formula is C53H68F4N10O7S. The van der Waals surface area contributed by atoms with Gasteiger partial charge in [0.05, 0.1) is 48.2 Å². The Morgan fingerprint density at radius 3 is 2.51 bits per heavy atom. The maximum absolute atomic E-state index is 16.4. The number of piperazine rings is 1. The largest absolute Gasteiger partial charge is 0.464 e. The molecule has 0 aliphatic carbocycles. The van der Waals surface area contributed by atoms with Crippen LogP contribution < -0.4 is 15.6 Å². The summed E-state index contributed by atoms with van der Waals surface area (Å²) in [6.07, 6.45) is -1.99. The average molecular weight is 1070 g/mol. The Morgan fingerprint density at radius 2 is 1.83 bits per heavy atom. The number of esters is 1.